The highest BCUT2D eigenvalue weighted by molar-refractivity contribution is 8.02. The molecule has 0 aromatic heterocycles. The Morgan fingerprint density at radius 1 is 1.14 bits per heavy atom. The lowest BCUT2D eigenvalue weighted by Crippen LogP contribution is -2.57. The van der Waals surface area contributed by atoms with E-state index in [9.17, 15) is 19.5 Å². The molecule has 5 rings (SSSR count). The van der Waals surface area contributed by atoms with Crippen LogP contribution in [0.4, 0.5) is 0 Å². The molecule has 0 radical (unpaired) electrons. The lowest BCUT2D eigenvalue weighted by molar-refractivity contribution is -0.143. The van der Waals surface area contributed by atoms with Gasteiger partial charge in [0.1, 0.15) is 6.04 Å². The van der Waals surface area contributed by atoms with E-state index in [1.54, 1.807) is 23.6 Å². The van der Waals surface area contributed by atoms with Crippen LogP contribution < -0.4 is 10.6 Å². The fourth-order valence-corrected chi connectivity index (χ4v) is 9.39. The minimum absolute atomic E-state index is 0.116. The Balaban J connectivity index is 1.43. The third-order valence-electron chi connectivity index (χ3n) is 8.75. The Bertz CT molecular complexity index is 984. The molecular formula is C27H37N3O4S. The van der Waals surface area contributed by atoms with Gasteiger partial charge in [-0.05, 0) is 45.1 Å². The number of rotatable bonds is 7. The summed E-state index contributed by atoms with van der Waals surface area (Å²) in [5.74, 6) is -1.45. The molecule has 3 aliphatic heterocycles. The van der Waals surface area contributed by atoms with Crippen molar-refractivity contribution in [2.24, 2.45) is 11.8 Å². The van der Waals surface area contributed by atoms with Gasteiger partial charge in [-0.15, -0.1) is 11.8 Å². The molecule has 1 aromatic rings. The molecule has 4 aliphatic rings. The maximum absolute atomic E-state index is 14.0. The topological polar surface area (TPSA) is 98.7 Å². The van der Waals surface area contributed by atoms with E-state index in [0.29, 0.717) is 6.54 Å². The Kier molecular flexibility index (Phi) is 6.64. The summed E-state index contributed by atoms with van der Waals surface area (Å²) in [4.78, 5) is 43.0. The van der Waals surface area contributed by atoms with Crippen LogP contribution in [0.2, 0.25) is 0 Å². The maximum atomic E-state index is 14.0. The zero-order valence-corrected chi connectivity index (χ0v) is 21.5. The number of nitrogens with zero attached hydrogens (tertiary/aromatic N) is 1. The van der Waals surface area contributed by atoms with E-state index < -0.39 is 28.7 Å². The Labute approximate surface area is 211 Å². The van der Waals surface area contributed by atoms with Crippen LogP contribution in [0.3, 0.4) is 0 Å². The molecule has 1 aromatic carbocycles. The highest BCUT2D eigenvalue weighted by atomic mass is 32.2. The lowest BCUT2D eigenvalue weighted by atomic mass is 9.66. The van der Waals surface area contributed by atoms with Gasteiger partial charge in [-0.2, -0.15) is 0 Å². The van der Waals surface area contributed by atoms with Gasteiger partial charge in [-0.25, -0.2) is 0 Å². The van der Waals surface area contributed by atoms with Crippen molar-refractivity contribution in [1.82, 2.24) is 15.5 Å². The molecule has 1 saturated carbocycles. The Hall–Kier alpha value is -2.06. The first-order chi connectivity index (χ1) is 16.8. The second kappa shape index (κ2) is 9.43. The van der Waals surface area contributed by atoms with Crippen LogP contribution >= 0.6 is 11.8 Å². The molecule has 3 heterocycles. The second-order valence-electron chi connectivity index (χ2n) is 11.1. The molecule has 2 bridgehead atoms. The highest BCUT2D eigenvalue weighted by Crippen LogP contribution is 2.71. The number of nitrogens with one attached hydrogen (secondary N) is 2. The smallest absolute Gasteiger partial charge is 0.244 e. The molecule has 8 heteroatoms. The normalized spacial score (nSPS) is 35.1. The van der Waals surface area contributed by atoms with Crippen LogP contribution in [0.1, 0.15) is 64.4 Å². The fraction of sp³-hybridized carbons (Fsp3) is 0.667. The molecule has 6 atom stereocenters. The first-order valence-electron chi connectivity index (χ1n) is 13.1. The average Bonchev–Trinajstić information content (AvgIpc) is 3.44. The number of thioether (sulfide) groups is 1. The predicted octanol–water partition coefficient (Wildman–Crippen LogP) is 2.61. The molecule has 3 amide bonds. The summed E-state index contributed by atoms with van der Waals surface area (Å²) >= 11 is 1.68. The number of likely N-dealkylation sites (tertiary alicyclic amines) is 1. The van der Waals surface area contributed by atoms with Gasteiger partial charge in [-0.1, -0.05) is 49.6 Å². The van der Waals surface area contributed by atoms with Gasteiger partial charge in [0.05, 0.1) is 29.2 Å². The largest absolute Gasteiger partial charge is 0.394 e. The minimum Gasteiger partial charge on any atom is -0.394 e. The highest BCUT2D eigenvalue weighted by Gasteiger charge is 2.77. The maximum Gasteiger partial charge on any atom is 0.244 e. The quantitative estimate of drug-likeness (QED) is 0.536. The van der Waals surface area contributed by atoms with Crippen molar-refractivity contribution in [3.8, 4) is 0 Å². The van der Waals surface area contributed by atoms with Gasteiger partial charge < -0.3 is 20.6 Å². The summed E-state index contributed by atoms with van der Waals surface area (Å²) in [6.45, 7) is 4.07. The molecule has 4 fully saturated rings. The van der Waals surface area contributed by atoms with Crippen LogP contribution in [0.15, 0.2) is 30.3 Å². The molecular weight excluding hydrogens is 462 g/mol. The Morgan fingerprint density at radius 2 is 1.86 bits per heavy atom. The van der Waals surface area contributed by atoms with Crippen LogP contribution in [0.25, 0.3) is 0 Å². The fourth-order valence-electron chi connectivity index (χ4n) is 7.05. The zero-order valence-electron chi connectivity index (χ0n) is 20.7. The van der Waals surface area contributed by atoms with Gasteiger partial charge in [0.15, 0.2) is 0 Å². The summed E-state index contributed by atoms with van der Waals surface area (Å²) in [5, 5.41) is 16.3. The SMILES string of the molecule is C[C@H](CO)N1C(=O)[C@@H]2[C@@H](C(=O)NCc3ccccc3)[C@@]3(C)CCC2(S3)C1C(=O)NC1CCCCC1. The molecule has 1 aliphatic carbocycles. The number of aliphatic hydroxyl groups excluding tert-OH is 1. The van der Waals surface area contributed by atoms with Gasteiger partial charge in [0.2, 0.25) is 17.7 Å². The van der Waals surface area contributed by atoms with E-state index >= 15 is 0 Å². The summed E-state index contributed by atoms with van der Waals surface area (Å²) in [7, 11) is 0. The monoisotopic (exact) mass is 499 g/mol. The van der Waals surface area contributed by atoms with E-state index in [2.05, 4.69) is 17.6 Å². The molecule has 190 valence electrons. The van der Waals surface area contributed by atoms with E-state index in [1.165, 1.54) is 6.42 Å². The number of benzene rings is 1. The van der Waals surface area contributed by atoms with Crippen molar-refractivity contribution < 1.29 is 19.5 Å². The third kappa shape index (κ3) is 4.06. The van der Waals surface area contributed by atoms with Crippen molar-refractivity contribution in [3.05, 3.63) is 35.9 Å². The van der Waals surface area contributed by atoms with Gasteiger partial charge in [0, 0.05) is 17.3 Å². The molecule has 35 heavy (non-hydrogen) atoms. The molecule has 3 N–H and O–H groups in total. The van der Waals surface area contributed by atoms with Crippen LogP contribution in [0, 0.1) is 11.8 Å². The molecule has 2 unspecified atom stereocenters. The minimum atomic E-state index is -0.664. The molecule has 3 saturated heterocycles. The number of carbonyl (C=O) groups excluding carboxylic acids is 3. The van der Waals surface area contributed by atoms with Crippen molar-refractivity contribution in [2.75, 3.05) is 6.61 Å². The van der Waals surface area contributed by atoms with Crippen LogP contribution in [-0.4, -0.2) is 62.0 Å². The first-order valence-corrected chi connectivity index (χ1v) is 13.9. The van der Waals surface area contributed by atoms with E-state index in [-0.39, 0.29) is 35.1 Å². The number of amides is 3. The van der Waals surface area contributed by atoms with Crippen LogP contribution in [-0.2, 0) is 20.9 Å². The van der Waals surface area contributed by atoms with Gasteiger partial charge >= 0.3 is 0 Å². The first kappa shape index (κ1) is 24.6. The number of hydrogen-bond acceptors (Lipinski definition) is 5. The third-order valence-corrected chi connectivity index (χ3v) is 10.7. The number of hydrogen-bond donors (Lipinski definition) is 3. The van der Waals surface area contributed by atoms with Crippen molar-refractivity contribution in [2.45, 2.75) is 93.0 Å². The van der Waals surface area contributed by atoms with Crippen molar-refractivity contribution >= 4 is 29.5 Å². The summed E-state index contributed by atoms with van der Waals surface area (Å²) in [6.07, 6.45) is 6.86. The molecule has 1 spiro atoms. The van der Waals surface area contributed by atoms with Gasteiger partial charge in [-0.3, -0.25) is 14.4 Å². The standard InChI is InChI=1S/C27H37N3O4S/c1-17(16-31)30-22(24(33)29-19-11-7-4-8-12-19)27-14-13-26(2,35-27)20(21(27)25(30)34)23(32)28-15-18-9-5-3-6-10-18/h3,5-6,9-10,17,19-22,31H,4,7-8,11-16H2,1-2H3,(H,28,32)(H,29,33)/t17-,20+,21+,22?,26-,27?/m1/s1. The van der Waals surface area contributed by atoms with Gasteiger partial charge in [0.25, 0.3) is 0 Å². The van der Waals surface area contributed by atoms with E-state index in [4.69, 9.17) is 0 Å². The van der Waals surface area contributed by atoms with E-state index in [1.807, 2.05) is 30.3 Å². The zero-order chi connectivity index (χ0) is 24.8. The summed E-state index contributed by atoms with van der Waals surface area (Å²) < 4.78 is -1.03. The summed E-state index contributed by atoms with van der Waals surface area (Å²) in [5.41, 5.74) is 1.01. The number of carbonyl (C=O) groups is 3. The van der Waals surface area contributed by atoms with Crippen molar-refractivity contribution in [3.63, 3.8) is 0 Å². The number of fused-ring (bicyclic) bond motifs is 1. The van der Waals surface area contributed by atoms with Crippen LogP contribution in [0.5, 0.6) is 0 Å². The molecule has 7 nitrogen and oxygen atoms in total. The van der Waals surface area contributed by atoms with E-state index in [0.717, 1.165) is 44.1 Å². The lowest BCUT2D eigenvalue weighted by Gasteiger charge is -2.37. The van der Waals surface area contributed by atoms with Crippen molar-refractivity contribution in [1.29, 1.82) is 0 Å². The Morgan fingerprint density at radius 3 is 2.54 bits per heavy atom. The summed E-state index contributed by atoms with van der Waals surface area (Å²) in [6, 6.07) is 8.75. The number of aliphatic hydroxyl groups is 1. The average molecular weight is 500 g/mol. The second-order valence-corrected chi connectivity index (χ2v) is 12.9. The predicted molar refractivity (Wildman–Crippen MR) is 135 cm³/mol.